The topological polar surface area (TPSA) is 74.0 Å². The van der Waals surface area contributed by atoms with E-state index in [4.69, 9.17) is 4.74 Å². The Morgan fingerprint density at radius 1 is 1.27 bits per heavy atom. The van der Waals surface area contributed by atoms with Gasteiger partial charge in [-0.25, -0.2) is 9.67 Å². The van der Waals surface area contributed by atoms with Crippen molar-refractivity contribution in [3.05, 3.63) is 65.5 Å². The number of carbonyl (C=O) groups excluding carboxylic acids is 1. The lowest BCUT2D eigenvalue weighted by Gasteiger charge is -2.10. The average Bonchev–Trinajstić information content (AvgIpc) is 3.23. The molecular formula is C19H23N5O2. The Morgan fingerprint density at radius 2 is 2.12 bits per heavy atom. The van der Waals surface area contributed by atoms with Crippen LogP contribution in [-0.2, 0) is 17.8 Å². The van der Waals surface area contributed by atoms with Gasteiger partial charge in [-0.15, -0.1) is 0 Å². The summed E-state index contributed by atoms with van der Waals surface area (Å²) in [6.07, 6.45) is 3.49. The quantitative estimate of drug-likeness (QED) is 0.707. The third-order valence-corrected chi connectivity index (χ3v) is 4.13. The molecule has 1 N–H and O–H groups in total. The first-order chi connectivity index (χ1) is 12.6. The van der Waals surface area contributed by atoms with Crippen molar-refractivity contribution in [2.75, 3.05) is 13.7 Å². The van der Waals surface area contributed by atoms with Crippen LogP contribution in [0.2, 0.25) is 0 Å². The molecule has 7 nitrogen and oxygen atoms in total. The number of hydrogen-bond acceptors (Lipinski definition) is 4. The number of aryl methyl sites for hydroxylation is 2. The molecule has 26 heavy (non-hydrogen) atoms. The van der Waals surface area contributed by atoms with Gasteiger partial charge in [0.05, 0.1) is 36.6 Å². The molecule has 2 heterocycles. The SMILES string of the molecule is COCCn1cncc1CNC(=O)c1cccc(-n2nc(C)cc2C)c1. The van der Waals surface area contributed by atoms with Crippen molar-refractivity contribution in [2.24, 2.45) is 0 Å². The zero-order valence-corrected chi connectivity index (χ0v) is 15.3. The second-order valence-corrected chi connectivity index (χ2v) is 6.14. The molecule has 0 aliphatic heterocycles. The molecule has 3 aromatic rings. The molecule has 1 aromatic carbocycles. The van der Waals surface area contributed by atoms with Crippen LogP contribution >= 0.6 is 0 Å². The summed E-state index contributed by atoms with van der Waals surface area (Å²) in [5.41, 5.74) is 4.38. The van der Waals surface area contributed by atoms with Gasteiger partial charge in [-0.1, -0.05) is 6.07 Å². The lowest BCUT2D eigenvalue weighted by Crippen LogP contribution is -2.24. The molecule has 1 amide bonds. The molecule has 0 spiro atoms. The number of ether oxygens (including phenoxy) is 1. The van der Waals surface area contributed by atoms with Gasteiger partial charge in [0.2, 0.25) is 0 Å². The molecule has 0 saturated carbocycles. The number of carbonyl (C=O) groups is 1. The van der Waals surface area contributed by atoms with Crippen molar-refractivity contribution in [2.45, 2.75) is 26.9 Å². The summed E-state index contributed by atoms with van der Waals surface area (Å²) in [6, 6.07) is 9.46. The Hall–Kier alpha value is -2.93. The van der Waals surface area contributed by atoms with Crippen molar-refractivity contribution < 1.29 is 9.53 Å². The lowest BCUT2D eigenvalue weighted by molar-refractivity contribution is 0.0949. The van der Waals surface area contributed by atoms with Gasteiger partial charge in [-0.05, 0) is 38.1 Å². The van der Waals surface area contributed by atoms with Crippen molar-refractivity contribution in [1.29, 1.82) is 0 Å². The highest BCUT2D eigenvalue weighted by molar-refractivity contribution is 5.94. The average molecular weight is 353 g/mol. The van der Waals surface area contributed by atoms with Gasteiger partial charge < -0.3 is 14.6 Å². The molecule has 0 saturated heterocycles. The maximum absolute atomic E-state index is 12.5. The van der Waals surface area contributed by atoms with Crippen LogP contribution in [0.4, 0.5) is 0 Å². The summed E-state index contributed by atoms with van der Waals surface area (Å²) in [7, 11) is 1.66. The number of nitrogens with zero attached hydrogens (tertiary/aromatic N) is 4. The molecule has 7 heteroatoms. The predicted molar refractivity (Wildman–Crippen MR) is 98.3 cm³/mol. The van der Waals surface area contributed by atoms with Gasteiger partial charge in [-0.3, -0.25) is 4.79 Å². The standard InChI is InChI=1S/C19H23N5O2/c1-14-9-15(2)24(22-14)17-6-4-5-16(10-17)19(25)21-12-18-11-20-13-23(18)7-8-26-3/h4-6,9-11,13H,7-8,12H2,1-3H3,(H,21,25). The van der Waals surface area contributed by atoms with Crippen molar-refractivity contribution in [3.8, 4) is 5.69 Å². The minimum atomic E-state index is -0.132. The minimum Gasteiger partial charge on any atom is -0.383 e. The van der Waals surface area contributed by atoms with Gasteiger partial charge in [-0.2, -0.15) is 5.10 Å². The Bertz CT molecular complexity index is 897. The molecule has 0 fully saturated rings. The van der Waals surface area contributed by atoms with Crippen LogP contribution < -0.4 is 5.32 Å². The summed E-state index contributed by atoms with van der Waals surface area (Å²) in [5.74, 6) is -0.132. The Morgan fingerprint density at radius 3 is 2.85 bits per heavy atom. The van der Waals surface area contributed by atoms with Crippen molar-refractivity contribution in [1.82, 2.24) is 24.6 Å². The Labute approximate surface area is 152 Å². The zero-order chi connectivity index (χ0) is 18.5. The molecule has 0 aliphatic carbocycles. The molecule has 0 radical (unpaired) electrons. The monoisotopic (exact) mass is 353 g/mol. The van der Waals surface area contributed by atoms with Crippen LogP contribution in [0.1, 0.15) is 27.4 Å². The summed E-state index contributed by atoms with van der Waals surface area (Å²) >= 11 is 0. The van der Waals surface area contributed by atoms with Crippen LogP contribution in [-0.4, -0.2) is 39.0 Å². The van der Waals surface area contributed by atoms with Crippen molar-refractivity contribution in [3.63, 3.8) is 0 Å². The van der Waals surface area contributed by atoms with Crippen LogP contribution in [0.3, 0.4) is 0 Å². The maximum atomic E-state index is 12.5. The number of hydrogen-bond donors (Lipinski definition) is 1. The van der Waals surface area contributed by atoms with Gasteiger partial charge in [0.15, 0.2) is 0 Å². The van der Waals surface area contributed by atoms with E-state index in [-0.39, 0.29) is 5.91 Å². The highest BCUT2D eigenvalue weighted by Gasteiger charge is 2.10. The van der Waals surface area contributed by atoms with E-state index >= 15 is 0 Å². The highest BCUT2D eigenvalue weighted by Crippen LogP contribution is 2.14. The molecule has 136 valence electrons. The van der Waals surface area contributed by atoms with Crippen LogP contribution in [0.5, 0.6) is 0 Å². The second kappa shape index (κ2) is 7.97. The predicted octanol–water partition coefficient (Wildman–Crippen LogP) is 2.26. The van der Waals surface area contributed by atoms with E-state index < -0.39 is 0 Å². The number of imidazole rings is 1. The largest absolute Gasteiger partial charge is 0.383 e. The number of aromatic nitrogens is 4. The van der Waals surface area contributed by atoms with Crippen LogP contribution in [0, 0.1) is 13.8 Å². The van der Waals surface area contributed by atoms with Gasteiger partial charge in [0, 0.05) is 31.1 Å². The first kappa shape index (κ1) is 17.9. The summed E-state index contributed by atoms with van der Waals surface area (Å²) < 4.78 is 8.89. The molecule has 2 aromatic heterocycles. The third-order valence-electron chi connectivity index (χ3n) is 4.13. The Balaban J connectivity index is 1.70. The zero-order valence-electron chi connectivity index (χ0n) is 15.3. The summed E-state index contributed by atoms with van der Waals surface area (Å²) in [5, 5.41) is 7.42. The van der Waals surface area contributed by atoms with E-state index in [2.05, 4.69) is 15.4 Å². The number of nitrogens with one attached hydrogen (secondary N) is 1. The molecule has 0 atom stereocenters. The van der Waals surface area contributed by atoms with E-state index in [0.717, 1.165) is 22.8 Å². The molecule has 0 unspecified atom stereocenters. The number of amides is 1. The third kappa shape index (κ3) is 4.00. The molecule has 3 rings (SSSR count). The van der Waals surface area contributed by atoms with Crippen molar-refractivity contribution >= 4 is 5.91 Å². The lowest BCUT2D eigenvalue weighted by atomic mass is 10.2. The smallest absolute Gasteiger partial charge is 0.251 e. The fraction of sp³-hybridized carbons (Fsp3) is 0.316. The first-order valence-electron chi connectivity index (χ1n) is 8.48. The van der Waals surface area contributed by atoms with Gasteiger partial charge in [0.25, 0.3) is 5.91 Å². The van der Waals surface area contributed by atoms with Gasteiger partial charge >= 0.3 is 0 Å². The second-order valence-electron chi connectivity index (χ2n) is 6.14. The number of rotatable bonds is 7. The van der Waals surface area contributed by atoms with Crippen LogP contribution in [0.25, 0.3) is 5.69 Å². The van der Waals surface area contributed by atoms with Gasteiger partial charge in [0.1, 0.15) is 0 Å². The highest BCUT2D eigenvalue weighted by atomic mass is 16.5. The molecule has 0 bridgehead atoms. The Kier molecular flexibility index (Phi) is 5.48. The molecular weight excluding hydrogens is 330 g/mol. The van der Waals surface area contributed by atoms with Crippen LogP contribution in [0.15, 0.2) is 42.9 Å². The normalized spacial score (nSPS) is 10.9. The number of benzene rings is 1. The van der Waals surface area contributed by atoms with E-state index in [0.29, 0.717) is 25.3 Å². The molecule has 0 aliphatic rings. The summed E-state index contributed by atoms with van der Waals surface area (Å²) in [4.78, 5) is 16.7. The minimum absolute atomic E-state index is 0.132. The van der Waals surface area contributed by atoms with E-state index in [9.17, 15) is 4.79 Å². The van der Waals surface area contributed by atoms with E-state index in [1.807, 2.05) is 47.4 Å². The number of methoxy groups -OCH3 is 1. The van der Waals surface area contributed by atoms with E-state index in [1.54, 1.807) is 25.7 Å². The first-order valence-corrected chi connectivity index (χ1v) is 8.48. The fourth-order valence-electron chi connectivity index (χ4n) is 2.83. The fourth-order valence-corrected chi connectivity index (χ4v) is 2.83. The van der Waals surface area contributed by atoms with E-state index in [1.165, 1.54) is 0 Å². The summed E-state index contributed by atoms with van der Waals surface area (Å²) in [6.45, 7) is 5.66. The maximum Gasteiger partial charge on any atom is 0.251 e.